The molecule has 0 radical (unpaired) electrons. The van der Waals surface area contributed by atoms with E-state index in [1.165, 1.54) is 19.4 Å². The third-order valence-corrected chi connectivity index (χ3v) is 4.75. The lowest BCUT2D eigenvalue weighted by Crippen LogP contribution is -2.32. The number of halogens is 2. The Hall–Kier alpha value is -2.58. The van der Waals surface area contributed by atoms with E-state index in [1.54, 1.807) is 0 Å². The predicted octanol–water partition coefficient (Wildman–Crippen LogP) is 0.719. The van der Waals surface area contributed by atoms with E-state index < -0.39 is 17.2 Å². The molecule has 4 rings (SSSR count). The first-order valence-corrected chi connectivity index (χ1v) is 7.74. The summed E-state index contributed by atoms with van der Waals surface area (Å²) < 4.78 is 27.2. The highest BCUT2D eigenvalue weighted by atomic mass is 19.1. The highest BCUT2D eigenvalue weighted by Gasteiger charge is 2.41. The van der Waals surface area contributed by atoms with E-state index in [4.69, 9.17) is 0 Å². The van der Waals surface area contributed by atoms with Gasteiger partial charge in [0.15, 0.2) is 11.6 Å². The first-order chi connectivity index (χ1) is 11.5. The van der Waals surface area contributed by atoms with Crippen molar-refractivity contribution in [2.24, 2.45) is 11.8 Å². The molecule has 1 N–H and O–H groups in total. The highest BCUT2D eigenvalue weighted by molar-refractivity contribution is 5.43. The largest absolute Gasteiger partial charge is 0.353 e. The van der Waals surface area contributed by atoms with Crippen molar-refractivity contribution in [3.8, 4) is 0 Å². The van der Waals surface area contributed by atoms with Crippen molar-refractivity contribution in [2.45, 2.75) is 6.92 Å². The van der Waals surface area contributed by atoms with Crippen molar-refractivity contribution >= 4 is 11.8 Å². The summed E-state index contributed by atoms with van der Waals surface area (Å²) >= 11 is 0. The Balaban J connectivity index is 1.50. The average molecular weight is 334 g/mol. The summed E-state index contributed by atoms with van der Waals surface area (Å²) in [4.78, 5) is 29.8. The molecule has 2 aliphatic heterocycles. The number of nitrogens with one attached hydrogen (secondary N) is 1. The third kappa shape index (κ3) is 2.40. The van der Waals surface area contributed by atoms with Crippen molar-refractivity contribution < 1.29 is 8.78 Å². The maximum absolute atomic E-state index is 13.8. The second-order valence-electron chi connectivity index (χ2n) is 6.31. The van der Waals surface area contributed by atoms with Crippen LogP contribution < -0.4 is 15.4 Å². The van der Waals surface area contributed by atoms with E-state index >= 15 is 0 Å². The molecular weight excluding hydrogens is 318 g/mol. The van der Waals surface area contributed by atoms with Gasteiger partial charge in [-0.3, -0.25) is 9.78 Å². The molecule has 0 bridgehead atoms. The second kappa shape index (κ2) is 5.50. The van der Waals surface area contributed by atoms with E-state index in [1.807, 2.05) is 9.80 Å². The number of rotatable bonds is 2. The van der Waals surface area contributed by atoms with Crippen LogP contribution in [0.25, 0.3) is 0 Å². The Labute approximate surface area is 136 Å². The van der Waals surface area contributed by atoms with Gasteiger partial charge in [-0.2, -0.15) is 4.39 Å². The van der Waals surface area contributed by atoms with E-state index in [9.17, 15) is 13.6 Å². The van der Waals surface area contributed by atoms with Gasteiger partial charge in [0.05, 0.1) is 11.9 Å². The Kier molecular flexibility index (Phi) is 3.43. The number of hydrogen-bond acceptors (Lipinski definition) is 6. The van der Waals surface area contributed by atoms with E-state index in [-0.39, 0.29) is 5.69 Å². The summed E-state index contributed by atoms with van der Waals surface area (Å²) in [6.45, 7) is 4.20. The molecule has 0 aromatic carbocycles. The van der Waals surface area contributed by atoms with Crippen LogP contribution in [0, 0.1) is 30.4 Å². The van der Waals surface area contributed by atoms with E-state index in [2.05, 4.69) is 19.9 Å². The highest BCUT2D eigenvalue weighted by Crippen LogP contribution is 2.34. The minimum absolute atomic E-state index is 0.0930. The maximum atomic E-state index is 13.8. The zero-order valence-electron chi connectivity index (χ0n) is 13.0. The zero-order chi connectivity index (χ0) is 16.8. The van der Waals surface area contributed by atoms with Crippen molar-refractivity contribution in [3.05, 3.63) is 40.2 Å². The molecule has 4 heterocycles. The van der Waals surface area contributed by atoms with Crippen LogP contribution in [0.3, 0.4) is 0 Å². The van der Waals surface area contributed by atoms with Crippen LogP contribution in [0.15, 0.2) is 17.3 Å². The molecular formula is C15H16F2N6O. The number of anilines is 2. The lowest BCUT2D eigenvalue weighted by molar-refractivity contribution is 0.533. The molecule has 126 valence electrons. The molecule has 9 heteroatoms. The fourth-order valence-corrected chi connectivity index (χ4v) is 3.58. The van der Waals surface area contributed by atoms with Crippen LogP contribution in [0.2, 0.25) is 0 Å². The van der Waals surface area contributed by atoms with Gasteiger partial charge in [-0.15, -0.1) is 0 Å². The van der Waals surface area contributed by atoms with E-state index in [0.29, 0.717) is 49.8 Å². The monoisotopic (exact) mass is 334 g/mol. The quantitative estimate of drug-likeness (QED) is 0.872. The normalized spacial score (nSPS) is 23.0. The van der Waals surface area contributed by atoms with Crippen LogP contribution in [-0.4, -0.2) is 46.1 Å². The molecule has 0 amide bonds. The lowest BCUT2D eigenvalue weighted by atomic mass is 10.0. The van der Waals surface area contributed by atoms with Crippen LogP contribution in [0.1, 0.15) is 5.69 Å². The first-order valence-electron chi connectivity index (χ1n) is 7.74. The van der Waals surface area contributed by atoms with Gasteiger partial charge in [0.2, 0.25) is 11.8 Å². The summed E-state index contributed by atoms with van der Waals surface area (Å²) in [7, 11) is 0. The zero-order valence-corrected chi connectivity index (χ0v) is 13.0. The molecule has 2 saturated heterocycles. The molecule has 2 atom stereocenters. The maximum Gasteiger partial charge on any atom is 0.288 e. The molecule has 2 fully saturated rings. The molecule has 7 nitrogen and oxygen atoms in total. The number of aryl methyl sites for hydroxylation is 1. The van der Waals surface area contributed by atoms with Crippen molar-refractivity contribution in [1.82, 2.24) is 19.9 Å². The molecule has 2 aliphatic rings. The molecule has 2 aromatic heterocycles. The Morgan fingerprint density at radius 3 is 2.46 bits per heavy atom. The summed E-state index contributed by atoms with van der Waals surface area (Å²) in [6.07, 6.45) is 2.51. The van der Waals surface area contributed by atoms with Gasteiger partial charge in [-0.25, -0.2) is 19.3 Å². The number of aromatic nitrogens is 4. The number of H-pyrrole nitrogens is 1. The second-order valence-corrected chi connectivity index (χ2v) is 6.31. The SMILES string of the molecule is Cc1nc(N2CC3CN(c4ncncc4F)CC3C2)[nH]c(=O)c1F. The van der Waals surface area contributed by atoms with Gasteiger partial charge in [-0.1, -0.05) is 0 Å². The van der Waals surface area contributed by atoms with Gasteiger partial charge in [-0.05, 0) is 6.92 Å². The average Bonchev–Trinajstić information content (AvgIpc) is 3.11. The Bertz CT molecular complexity index is 827. The van der Waals surface area contributed by atoms with Gasteiger partial charge < -0.3 is 9.80 Å². The van der Waals surface area contributed by atoms with E-state index in [0.717, 1.165) is 0 Å². The van der Waals surface area contributed by atoms with Gasteiger partial charge in [0.25, 0.3) is 5.56 Å². The molecule has 0 saturated carbocycles. The number of nitrogens with zero attached hydrogens (tertiary/aromatic N) is 5. The van der Waals surface area contributed by atoms with Crippen LogP contribution >= 0.6 is 0 Å². The minimum Gasteiger partial charge on any atom is -0.353 e. The molecule has 2 unspecified atom stereocenters. The molecule has 0 spiro atoms. The van der Waals surface area contributed by atoms with Gasteiger partial charge >= 0.3 is 0 Å². The minimum atomic E-state index is -0.844. The Morgan fingerprint density at radius 2 is 1.83 bits per heavy atom. The van der Waals surface area contributed by atoms with Crippen molar-refractivity contribution in [3.63, 3.8) is 0 Å². The molecule has 2 aromatic rings. The third-order valence-electron chi connectivity index (χ3n) is 4.75. The fourth-order valence-electron chi connectivity index (χ4n) is 3.58. The van der Waals surface area contributed by atoms with Crippen LogP contribution in [0.4, 0.5) is 20.5 Å². The lowest BCUT2D eigenvalue weighted by Gasteiger charge is -2.22. The summed E-state index contributed by atoms with van der Waals surface area (Å²) in [5.74, 6) is 0.0891. The molecule has 24 heavy (non-hydrogen) atoms. The van der Waals surface area contributed by atoms with Crippen molar-refractivity contribution in [2.75, 3.05) is 36.0 Å². The standard InChI is InChI=1S/C15H16F2N6O/c1-8-12(17)14(24)21-15(20-8)23-5-9-3-22(4-10(9)6-23)13-11(16)2-18-7-19-13/h2,7,9-10H,3-6H2,1H3,(H,20,21,24). The smallest absolute Gasteiger partial charge is 0.288 e. The number of aromatic amines is 1. The fraction of sp³-hybridized carbons (Fsp3) is 0.467. The summed E-state index contributed by atoms with van der Waals surface area (Å²) in [6, 6.07) is 0. The van der Waals surface area contributed by atoms with Crippen LogP contribution in [0.5, 0.6) is 0 Å². The Morgan fingerprint density at radius 1 is 1.17 bits per heavy atom. The number of hydrogen-bond donors (Lipinski definition) is 1. The predicted molar refractivity (Wildman–Crippen MR) is 82.9 cm³/mol. The summed E-state index contributed by atoms with van der Waals surface area (Å²) in [5.41, 5.74) is -0.658. The van der Waals surface area contributed by atoms with Gasteiger partial charge in [0.1, 0.15) is 6.33 Å². The topological polar surface area (TPSA) is 78.0 Å². The van der Waals surface area contributed by atoms with Crippen molar-refractivity contribution in [1.29, 1.82) is 0 Å². The van der Waals surface area contributed by atoms with Crippen LogP contribution in [-0.2, 0) is 0 Å². The first kappa shape index (κ1) is 15.0. The van der Waals surface area contributed by atoms with Gasteiger partial charge in [0, 0.05) is 38.0 Å². The molecule has 0 aliphatic carbocycles. The summed E-state index contributed by atoms with van der Waals surface area (Å²) in [5, 5.41) is 0. The number of fused-ring (bicyclic) bond motifs is 1.